The summed E-state index contributed by atoms with van der Waals surface area (Å²) < 4.78 is 30.7. The van der Waals surface area contributed by atoms with E-state index in [1.807, 2.05) is 0 Å². The Hall–Kier alpha value is 1.36. The van der Waals surface area contributed by atoms with E-state index in [2.05, 4.69) is 33.8 Å². The fourth-order valence-electron chi connectivity index (χ4n) is 0.272. The van der Waals surface area contributed by atoms with Gasteiger partial charge in [-0.3, -0.25) is 9.13 Å². The monoisotopic (exact) mass is 278 g/mol. The molecule has 11 nitrogen and oxygen atoms in total. The van der Waals surface area contributed by atoms with E-state index in [0.717, 1.165) is 0 Å². The smallest absolute Gasteiger partial charge is 0.754 e. The zero-order valence-electron chi connectivity index (χ0n) is 6.09. The molecule has 0 aliphatic carbocycles. The van der Waals surface area contributed by atoms with Crippen molar-refractivity contribution in [2.75, 3.05) is 0 Å². The van der Waals surface area contributed by atoms with Crippen molar-refractivity contribution in [2.24, 2.45) is 0 Å². The molecule has 1 heterocycles. The second-order valence-electron chi connectivity index (χ2n) is 1.40. The maximum atomic E-state index is 10.4. The van der Waals surface area contributed by atoms with Crippen LogP contribution in [0.2, 0.25) is 0 Å². The van der Waals surface area contributed by atoms with Crippen LogP contribution in [-0.4, -0.2) is 37.7 Å². The van der Waals surface area contributed by atoms with Crippen LogP contribution in [0.3, 0.4) is 0 Å². The van der Waals surface area contributed by atoms with Crippen molar-refractivity contribution in [2.45, 2.75) is 0 Å². The number of hydrogen-bond acceptors (Lipinski definition) is 11. The second-order valence-corrected chi connectivity index (χ2v) is 4.14. The average molecular weight is 278 g/mol. The molecule has 2 atom stereocenters. The molecule has 2 unspecified atom stereocenters. The summed E-state index contributed by atoms with van der Waals surface area (Å²) in [5, 5.41) is 13.2. The van der Waals surface area contributed by atoms with E-state index < -0.39 is 15.6 Å². The van der Waals surface area contributed by atoms with Gasteiger partial charge in [0.15, 0.2) is 0 Å². The molecule has 0 aromatic heterocycles. The standard InChI is InChI=1S/Ca.H2O11P2/c;1-12(2)9-7-5-6-8-10-13(3,4)11-12/h;(H,1,2)(H,3,4)/q+2;/p-2. The average Bonchev–Trinajstić information content (AvgIpc) is 1.97. The number of hydrogen-bond donors (Lipinski definition) is 0. The Labute approximate surface area is 106 Å². The topological polar surface area (TPSA) is 145 Å². The fraction of sp³-hybridized carbons (Fsp3) is 0. The van der Waals surface area contributed by atoms with Gasteiger partial charge in [0.2, 0.25) is 0 Å². The maximum absolute atomic E-state index is 10.4. The molecule has 0 N–H and O–H groups in total. The quantitative estimate of drug-likeness (QED) is 0.282. The van der Waals surface area contributed by atoms with Crippen LogP contribution in [0.25, 0.3) is 0 Å². The normalized spacial score (nSPS) is 40.1. The summed E-state index contributed by atoms with van der Waals surface area (Å²) in [6, 6.07) is 0. The molecule has 1 aliphatic heterocycles. The minimum Gasteiger partial charge on any atom is -0.754 e. The molecule has 0 spiro atoms. The predicted molar refractivity (Wildman–Crippen MR) is 28.6 cm³/mol. The molecule has 1 aliphatic rings. The van der Waals surface area contributed by atoms with Crippen LogP contribution in [0, 0.1) is 0 Å². The largest absolute Gasteiger partial charge is 2.00 e. The molecule has 0 radical (unpaired) electrons. The third-order valence-electron chi connectivity index (χ3n) is 0.527. The van der Waals surface area contributed by atoms with Crippen LogP contribution in [0.15, 0.2) is 0 Å². The first kappa shape index (κ1) is 15.4. The Bertz CT molecular complexity index is 232. The summed E-state index contributed by atoms with van der Waals surface area (Å²) in [6.07, 6.45) is 0. The van der Waals surface area contributed by atoms with Crippen molar-refractivity contribution in [3.63, 3.8) is 0 Å². The summed E-state index contributed by atoms with van der Waals surface area (Å²) in [7, 11) is -10.5. The first-order valence-electron chi connectivity index (χ1n) is 2.29. The zero-order valence-corrected chi connectivity index (χ0v) is 10.1. The van der Waals surface area contributed by atoms with Crippen LogP contribution < -0.4 is 9.79 Å². The van der Waals surface area contributed by atoms with Crippen molar-refractivity contribution >= 4 is 53.4 Å². The minimum absolute atomic E-state index is 0. The first-order valence-corrected chi connectivity index (χ1v) is 5.22. The van der Waals surface area contributed by atoms with Crippen molar-refractivity contribution in [3.8, 4) is 0 Å². The van der Waals surface area contributed by atoms with E-state index >= 15 is 0 Å². The fourth-order valence-corrected chi connectivity index (χ4v) is 1.67. The van der Waals surface area contributed by atoms with Gasteiger partial charge in [0.05, 0.1) is 0 Å². The first-order chi connectivity index (χ1) is 5.91. The molecule has 0 aromatic carbocycles. The van der Waals surface area contributed by atoms with Gasteiger partial charge in [0.1, 0.15) is 0 Å². The Morgan fingerprint density at radius 1 is 0.786 bits per heavy atom. The van der Waals surface area contributed by atoms with Gasteiger partial charge in [-0.25, -0.2) is 4.31 Å². The molecule has 1 fully saturated rings. The van der Waals surface area contributed by atoms with Crippen LogP contribution in [0.4, 0.5) is 0 Å². The minimum atomic E-state index is -5.26. The SMILES string of the molecule is O=P1([O-])OOOOOOP(=O)([O-])O1.[Ca+2]. The molecule has 1 rings (SSSR count). The molecule has 0 bridgehead atoms. The third kappa shape index (κ3) is 6.05. The van der Waals surface area contributed by atoms with Gasteiger partial charge in [0, 0.05) is 0 Å². The molecule has 0 aromatic rings. The summed E-state index contributed by atoms with van der Waals surface area (Å²) >= 11 is 0. The maximum Gasteiger partial charge on any atom is 2.00 e. The van der Waals surface area contributed by atoms with Crippen LogP contribution in [0.5, 0.6) is 0 Å². The molecule has 78 valence electrons. The number of rotatable bonds is 0. The zero-order chi connectivity index (χ0) is 9.95. The van der Waals surface area contributed by atoms with Gasteiger partial charge >= 0.3 is 53.4 Å². The van der Waals surface area contributed by atoms with Gasteiger partial charge in [-0.2, -0.15) is 0 Å². The van der Waals surface area contributed by atoms with Crippen molar-refractivity contribution in [3.05, 3.63) is 0 Å². The van der Waals surface area contributed by atoms with Crippen LogP contribution >= 0.6 is 15.6 Å². The van der Waals surface area contributed by atoms with Gasteiger partial charge in [-0.15, -0.1) is 9.35 Å². The molecule has 14 heteroatoms. The van der Waals surface area contributed by atoms with Crippen LogP contribution in [0.1, 0.15) is 0 Å². The van der Waals surface area contributed by atoms with E-state index in [4.69, 9.17) is 0 Å². The number of phosphoric acid groups is 2. The van der Waals surface area contributed by atoms with E-state index in [1.165, 1.54) is 0 Å². The van der Waals surface area contributed by atoms with Crippen molar-refractivity contribution < 1.29 is 52.7 Å². The van der Waals surface area contributed by atoms with E-state index in [9.17, 15) is 18.9 Å². The van der Waals surface area contributed by atoms with Crippen molar-refractivity contribution in [1.82, 2.24) is 0 Å². The third-order valence-corrected chi connectivity index (χ3v) is 2.61. The van der Waals surface area contributed by atoms with Crippen molar-refractivity contribution in [1.29, 1.82) is 0 Å². The molecule has 14 heavy (non-hydrogen) atoms. The van der Waals surface area contributed by atoms with Gasteiger partial charge in [-0.1, -0.05) is 0 Å². The summed E-state index contributed by atoms with van der Waals surface area (Å²) in [6.45, 7) is 0. The summed E-state index contributed by atoms with van der Waals surface area (Å²) in [5.74, 6) is 0. The molecule has 1 saturated heterocycles. The van der Waals surface area contributed by atoms with Gasteiger partial charge in [-0.05, 0) is 20.2 Å². The molecule has 0 amide bonds. The van der Waals surface area contributed by atoms with Crippen LogP contribution in [-0.2, 0) is 42.9 Å². The molecular formula is CaO11P2. The second kappa shape index (κ2) is 6.18. The van der Waals surface area contributed by atoms with Gasteiger partial charge in [0.25, 0.3) is 0 Å². The summed E-state index contributed by atoms with van der Waals surface area (Å²) in [4.78, 5) is 20.8. The Kier molecular flexibility index (Phi) is 6.78. The molecular weight excluding hydrogens is 278 g/mol. The van der Waals surface area contributed by atoms with E-state index in [-0.39, 0.29) is 37.7 Å². The predicted octanol–water partition coefficient (Wildman–Crippen LogP) is -1.75. The summed E-state index contributed by atoms with van der Waals surface area (Å²) in [5.41, 5.74) is 0. The van der Waals surface area contributed by atoms with E-state index in [1.54, 1.807) is 0 Å². The van der Waals surface area contributed by atoms with E-state index in [0.29, 0.717) is 0 Å². The Morgan fingerprint density at radius 3 is 1.50 bits per heavy atom. The Morgan fingerprint density at radius 2 is 1.14 bits per heavy atom. The molecule has 0 saturated carbocycles. The Balaban J connectivity index is 0.00000169. The van der Waals surface area contributed by atoms with Gasteiger partial charge < -0.3 is 9.79 Å².